The number of rotatable bonds is 6. The maximum Gasteiger partial charge on any atom is 0.281 e. The Kier molecular flexibility index (Phi) is 5.93. The number of para-hydroxylation sites is 1. The molecule has 0 unspecified atom stereocenters. The van der Waals surface area contributed by atoms with Crippen molar-refractivity contribution in [3.8, 4) is 11.5 Å². The first-order valence-electron chi connectivity index (χ1n) is 9.02. The molecule has 1 aliphatic rings. The molecule has 0 radical (unpaired) electrons. The van der Waals surface area contributed by atoms with Crippen molar-refractivity contribution in [2.24, 2.45) is 11.0 Å². The molecule has 1 aromatic heterocycles. The third kappa shape index (κ3) is 4.07. The van der Waals surface area contributed by atoms with Crippen LogP contribution in [-0.4, -0.2) is 23.8 Å². The first-order valence-corrected chi connectivity index (χ1v) is 9.83. The first-order chi connectivity index (χ1) is 12.6. The van der Waals surface area contributed by atoms with Gasteiger partial charge in [0.25, 0.3) is 5.91 Å². The van der Waals surface area contributed by atoms with Gasteiger partial charge in [-0.15, -0.1) is 11.3 Å². The summed E-state index contributed by atoms with van der Waals surface area (Å²) in [6.07, 6.45) is 5.95. The number of nitrogens with one attached hydrogen (secondary N) is 1. The van der Waals surface area contributed by atoms with Crippen LogP contribution < -0.4 is 10.2 Å². The van der Waals surface area contributed by atoms with Crippen molar-refractivity contribution in [3.05, 3.63) is 45.1 Å². The Morgan fingerprint density at radius 1 is 1.46 bits per heavy atom. The molecule has 0 spiro atoms. The Morgan fingerprint density at radius 2 is 2.31 bits per heavy atom. The van der Waals surface area contributed by atoms with E-state index in [9.17, 15) is 9.90 Å². The van der Waals surface area contributed by atoms with Crippen LogP contribution in [0.25, 0.3) is 0 Å². The number of carbonyl (C=O) groups is 1. The van der Waals surface area contributed by atoms with Crippen LogP contribution in [0.2, 0.25) is 0 Å². The van der Waals surface area contributed by atoms with Gasteiger partial charge in [0.1, 0.15) is 0 Å². The fourth-order valence-corrected chi connectivity index (χ4v) is 4.29. The Morgan fingerprint density at radius 3 is 3.08 bits per heavy atom. The summed E-state index contributed by atoms with van der Waals surface area (Å²) < 4.78 is 5.34. The summed E-state index contributed by atoms with van der Waals surface area (Å²) in [6, 6.07) is 7.17. The fraction of sp³-hybridized carbons (Fsp3) is 0.400. The van der Waals surface area contributed by atoms with Gasteiger partial charge in [0.2, 0.25) is 0 Å². The predicted molar refractivity (Wildman–Crippen MR) is 104 cm³/mol. The topological polar surface area (TPSA) is 70.9 Å². The fourth-order valence-electron chi connectivity index (χ4n) is 3.19. The molecular weight excluding hydrogens is 348 g/mol. The van der Waals surface area contributed by atoms with E-state index in [4.69, 9.17) is 4.74 Å². The maximum absolute atomic E-state index is 12.4. The van der Waals surface area contributed by atoms with Crippen molar-refractivity contribution in [3.63, 3.8) is 0 Å². The van der Waals surface area contributed by atoms with E-state index in [-0.39, 0.29) is 11.7 Å². The SMILES string of the molecule is CCOc1cccc(/C=N/NC(=O)c2cc3c(s2)CC[C@H](CC)C3)c1O. The lowest BCUT2D eigenvalue weighted by Crippen LogP contribution is -2.16. The zero-order valence-electron chi connectivity index (χ0n) is 15.1. The van der Waals surface area contributed by atoms with Gasteiger partial charge in [-0.25, -0.2) is 5.43 Å². The standard InChI is InChI=1S/C20H24N2O3S/c1-3-13-8-9-17-15(10-13)11-18(26-17)20(24)22-21-12-14-6-5-7-16(19(14)23)25-4-2/h5-7,11-13,23H,3-4,8-10H2,1-2H3,(H,22,24)/b21-12+/t13-/m0/s1. The number of hydrogen-bond donors (Lipinski definition) is 2. The van der Waals surface area contributed by atoms with Crippen LogP contribution in [0.5, 0.6) is 11.5 Å². The lowest BCUT2D eigenvalue weighted by atomic mass is 9.87. The molecule has 26 heavy (non-hydrogen) atoms. The molecule has 6 heteroatoms. The van der Waals surface area contributed by atoms with Crippen LogP contribution >= 0.6 is 11.3 Å². The summed E-state index contributed by atoms with van der Waals surface area (Å²) in [5.74, 6) is 0.935. The van der Waals surface area contributed by atoms with Gasteiger partial charge in [0.15, 0.2) is 11.5 Å². The Balaban J connectivity index is 1.65. The van der Waals surface area contributed by atoms with E-state index in [0.29, 0.717) is 22.8 Å². The van der Waals surface area contributed by atoms with Crippen molar-refractivity contribution in [1.82, 2.24) is 5.43 Å². The quantitative estimate of drug-likeness (QED) is 0.592. The largest absolute Gasteiger partial charge is 0.504 e. The number of amides is 1. The monoisotopic (exact) mass is 372 g/mol. The summed E-state index contributed by atoms with van der Waals surface area (Å²) in [7, 11) is 0. The van der Waals surface area contributed by atoms with Gasteiger partial charge in [-0.2, -0.15) is 5.10 Å². The van der Waals surface area contributed by atoms with Crippen LogP contribution in [-0.2, 0) is 12.8 Å². The van der Waals surface area contributed by atoms with Crippen molar-refractivity contribution in [2.75, 3.05) is 6.61 Å². The second-order valence-electron chi connectivity index (χ2n) is 6.40. The second kappa shape index (κ2) is 8.36. The van der Waals surface area contributed by atoms with E-state index >= 15 is 0 Å². The van der Waals surface area contributed by atoms with Crippen molar-refractivity contribution >= 4 is 23.5 Å². The number of aryl methyl sites for hydroxylation is 1. The Labute approximate surface area is 157 Å². The second-order valence-corrected chi connectivity index (χ2v) is 7.54. The zero-order chi connectivity index (χ0) is 18.5. The van der Waals surface area contributed by atoms with Crippen LogP contribution in [0, 0.1) is 5.92 Å². The van der Waals surface area contributed by atoms with Gasteiger partial charge in [-0.05, 0) is 55.9 Å². The van der Waals surface area contributed by atoms with E-state index < -0.39 is 0 Å². The molecule has 5 nitrogen and oxygen atoms in total. The lowest BCUT2D eigenvalue weighted by Gasteiger charge is -2.19. The van der Waals surface area contributed by atoms with Gasteiger partial charge >= 0.3 is 0 Å². The number of phenols is 1. The van der Waals surface area contributed by atoms with Crippen LogP contribution in [0.15, 0.2) is 29.4 Å². The van der Waals surface area contributed by atoms with E-state index in [1.807, 2.05) is 13.0 Å². The number of hydrazone groups is 1. The minimum Gasteiger partial charge on any atom is -0.504 e. The molecular formula is C20H24N2O3S. The van der Waals surface area contributed by atoms with E-state index in [0.717, 1.165) is 18.8 Å². The molecule has 0 aliphatic heterocycles. The maximum atomic E-state index is 12.4. The Bertz CT molecular complexity index is 813. The number of ether oxygens (including phenoxy) is 1. The summed E-state index contributed by atoms with van der Waals surface area (Å²) in [5, 5.41) is 14.1. The highest BCUT2D eigenvalue weighted by Gasteiger charge is 2.21. The van der Waals surface area contributed by atoms with Crippen molar-refractivity contribution in [1.29, 1.82) is 0 Å². The predicted octanol–water partition coefficient (Wildman–Crippen LogP) is 4.13. The molecule has 138 valence electrons. The number of nitrogens with zero attached hydrogens (tertiary/aromatic N) is 1. The molecule has 1 aromatic carbocycles. The zero-order valence-corrected chi connectivity index (χ0v) is 15.9. The molecule has 1 atom stereocenters. The summed E-state index contributed by atoms with van der Waals surface area (Å²) in [6.45, 7) is 4.54. The molecule has 1 heterocycles. The molecule has 0 fully saturated rings. The normalized spacial score (nSPS) is 16.5. The lowest BCUT2D eigenvalue weighted by molar-refractivity contribution is 0.0959. The number of hydrogen-bond acceptors (Lipinski definition) is 5. The van der Waals surface area contributed by atoms with Gasteiger partial charge < -0.3 is 9.84 Å². The van der Waals surface area contributed by atoms with Crippen molar-refractivity contribution in [2.45, 2.75) is 39.5 Å². The number of phenolic OH excluding ortho intramolecular Hbond substituents is 1. The number of benzene rings is 1. The molecule has 1 amide bonds. The van der Waals surface area contributed by atoms with Crippen LogP contribution in [0.3, 0.4) is 0 Å². The number of thiophene rings is 1. The summed E-state index contributed by atoms with van der Waals surface area (Å²) in [5.41, 5.74) is 4.35. The third-order valence-electron chi connectivity index (χ3n) is 4.69. The average Bonchev–Trinajstić information content (AvgIpc) is 3.08. The highest BCUT2D eigenvalue weighted by Crippen LogP contribution is 2.33. The van der Waals surface area contributed by atoms with Crippen molar-refractivity contribution < 1.29 is 14.6 Å². The average molecular weight is 372 g/mol. The number of aromatic hydroxyl groups is 1. The molecule has 2 N–H and O–H groups in total. The first kappa shape index (κ1) is 18.5. The Hall–Kier alpha value is -2.34. The third-order valence-corrected chi connectivity index (χ3v) is 5.92. The highest BCUT2D eigenvalue weighted by molar-refractivity contribution is 7.14. The van der Waals surface area contributed by atoms with Gasteiger partial charge in [0, 0.05) is 10.4 Å². The molecule has 2 aromatic rings. The summed E-state index contributed by atoms with van der Waals surface area (Å²) in [4.78, 5) is 14.4. The van der Waals surface area contributed by atoms with E-state index in [2.05, 4.69) is 17.5 Å². The minimum atomic E-state index is -0.214. The molecule has 0 saturated heterocycles. The molecule has 0 saturated carbocycles. The smallest absolute Gasteiger partial charge is 0.281 e. The van der Waals surface area contributed by atoms with E-state index in [1.54, 1.807) is 29.5 Å². The number of carbonyl (C=O) groups excluding carboxylic acids is 1. The highest BCUT2D eigenvalue weighted by atomic mass is 32.1. The molecule has 0 bridgehead atoms. The van der Waals surface area contributed by atoms with Crippen LogP contribution in [0.4, 0.5) is 0 Å². The van der Waals surface area contributed by atoms with Gasteiger partial charge in [-0.3, -0.25) is 4.79 Å². The van der Waals surface area contributed by atoms with Crippen LogP contribution in [0.1, 0.15) is 52.4 Å². The molecule has 1 aliphatic carbocycles. The van der Waals surface area contributed by atoms with Gasteiger partial charge in [-0.1, -0.05) is 19.4 Å². The molecule has 3 rings (SSSR count). The minimum absolute atomic E-state index is 0.0181. The summed E-state index contributed by atoms with van der Waals surface area (Å²) >= 11 is 1.56. The van der Waals surface area contributed by atoms with Gasteiger partial charge in [0.05, 0.1) is 17.7 Å². The van der Waals surface area contributed by atoms with E-state index in [1.165, 1.54) is 29.5 Å². The number of fused-ring (bicyclic) bond motifs is 1.